The highest BCUT2D eigenvalue weighted by Gasteiger charge is 2.50. The molecule has 0 aromatic heterocycles. The van der Waals surface area contributed by atoms with Gasteiger partial charge in [-0.05, 0) is 19.8 Å². The Hall–Kier alpha value is -1.85. The third kappa shape index (κ3) is 2.94. The molecule has 1 fully saturated rings. The first-order valence-corrected chi connectivity index (χ1v) is 7.36. The average Bonchev–Trinajstić information content (AvgIpc) is 2.76. The molecule has 1 N–H and O–H groups in total. The number of ketones is 1. The number of hydrogen-bond donors (Lipinski definition) is 1. The maximum Gasteiger partial charge on any atom is 0.313 e. The number of cyclic esters (lactones) is 1. The Morgan fingerprint density at radius 3 is 2.67 bits per heavy atom. The monoisotopic (exact) mass is 295 g/mol. The standard InChI is InChI=1S/C15H21NO5/c1-3-5-10(16-21-4-2)13-11(17)8-15(9-12(13)18)6-7-20-14(15)19/h17H,3-9H2,1-2H3/b16-10+. The lowest BCUT2D eigenvalue weighted by atomic mass is 9.71. The van der Waals surface area contributed by atoms with Gasteiger partial charge in [0, 0.05) is 12.8 Å². The fourth-order valence-corrected chi connectivity index (χ4v) is 2.87. The number of carbonyl (C=O) groups is 2. The van der Waals surface area contributed by atoms with E-state index in [-0.39, 0.29) is 35.9 Å². The van der Waals surface area contributed by atoms with E-state index in [2.05, 4.69) is 5.16 Å². The predicted octanol–water partition coefficient (Wildman–Crippen LogP) is 2.29. The molecule has 1 aliphatic carbocycles. The lowest BCUT2D eigenvalue weighted by molar-refractivity contribution is -0.148. The van der Waals surface area contributed by atoms with Crippen molar-refractivity contribution in [1.29, 1.82) is 0 Å². The lowest BCUT2D eigenvalue weighted by Crippen LogP contribution is -2.36. The molecule has 1 aliphatic heterocycles. The molecule has 0 aromatic rings. The van der Waals surface area contributed by atoms with Gasteiger partial charge in [-0.2, -0.15) is 0 Å². The summed E-state index contributed by atoms with van der Waals surface area (Å²) in [5, 5.41) is 14.2. The molecule has 6 nitrogen and oxygen atoms in total. The van der Waals surface area contributed by atoms with Crippen molar-refractivity contribution < 1.29 is 24.3 Å². The molecule has 0 radical (unpaired) electrons. The molecule has 0 amide bonds. The summed E-state index contributed by atoms with van der Waals surface area (Å²) >= 11 is 0. The van der Waals surface area contributed by atoms with Gasteiger partial charge in [-0.1, -0.05) is 18.5 Å². The summed E-state index contributed by atoms with van der Waals surface area (Å²) in [6.07, 6.45) is 2.01. The molecule has 1 saturated heterocycles. The number of carbonyl (C=O) groups excluding carboxylic acids is 2. The molecule has 21 heavy (non-hydrogen) atoms. The van der Waals surface area contributed by atoms with Crippen LogP contribution in [0, 0.1) is 5.41 Å². The van der Waals surface area contributed by atoms with Gasteiger partial charge in [0.05, 0.1) is 23.3 Å². The number of oxime groups is 1. The zero-order chi connectivity index (χ0) is 15.5. The van der Waals surface area contributed by atoms with Crippen LogP contribution in [-0.2, 0) is 19.2 Å². The van der Waals surface area contributed by atoms with Crippen molar-refractivity contribution in [1.82, 2.24) is 0 Å². The van der Waals surface area contributed by atoms with Crippen molar-refractivity contribution in [3.05, 3.63) is 11.3 Å². The van der Waals surface area contributed by atoms with Crippen LogP contribution in [0.15, 0.2) is 16.5 Å². The summed E-state index contributed by atoms with van der Waals surface area (Å²) in [6.45, 7) is 4.46. The minimum Gasteiger partial charge on any atom is -0.511 e. The minimum absolute atomic E-state index is 0.0695. The Morgan fingerprint density at radius 1 is 1.38 bits per heavy atom. The summed E-state index contributed by atoms with van der Waals surface area (Å²) in [5.74, 6) is -0.721. The van der Waals surface area contributed by atoms with Gasteiger partial charge < -0.3 is 14.7 Å². The van der Waals surface area contributed by atoms with Crippen LogP contribution in [0.25, 0.3) is 0 Å². The number of allylic oxidation sites excluding steroid dienone is 2. The molecular weight excluding hydrogens is 274 g/mol. The Kier molecular flexibility index (Phi) is 4.65. The smallest absolute Gasteiger partial charge is 0.313 e. The van der Waals surface area contributed by atoms with Crippen LogP contribution in [-0.4, -0.2) is 35.8 Å². The van der Waals surface area contributed by atoms with E-state index in [1.807, 2.05) is 6.92 Å². The summed E-state index contributed by atoms with van der Waals surface area (Å²) in [5.41, 5.74) is -0.202. The number of hydrogen-bond acceptors (Lipinski definition) is 6. The molecule has 1 atom stereocenters. The molecule has 1 heterocycles. The van der Waals surface area contributed by atoms with E-state index >= 15 is 0 Å². The third-order valence-electron chi connectivity index (χ3n) is 3.90. The summed E-state index contributed by atoms with van der Waals surface area (Å²) < 4.78 is 4.97. The fourth-order valence-electron chi connectivity index (χ4n) is 2.87. The Balaban J connectivity index is 2.32. The van der Waals surface area contributed by atoms with E-state index in [0.29, 0.717) is 31.8 Å². The van der Waals surface area contributed by atoms with E-state index < -0.39 is 5.41 Å². The molecule has 0 bridgehead atoms. The highest BCUT2D eigenvalue weighted by Crippen LogP contribution is 2.44. The van der Waals surface area contributed by atoms with Gasteiger partial charge in [0.25, 0.3) is 0 Å². The molecule has 2 aliphatic rings. The van der Waals surface area contributed by atoms with E-state index in [1.54, 1.807) is 6.92 Å². The van der Waals surface area contributed by atoms with Crippen molar-refractivity contribution in [2.75, 3.05) is 13.2 Å². The SMILES string of the molecule is CCC/C(=N\OCC)C1=C(O)CC2(CCOC2=O)CC1=O. The van der Waals surface area contributed by atoms with E-state index in [1.165, 1.54) is 0 Å². The van der Waals surface area contributed by atoms with Crippen LogP contribution in [0.2, 0.25) is 0 Å². The van der Waals surface area contributed by atoms with Crippen molar-refractivity contribution in [2.45, 2.75) is 46.0 Å². The third-order valence-corrected chi connectivity index (χ3v) is 3.90. The van der Waals surface area contributed by atoms with Crippen molar-refractivity contribution in [3.8, 4) is 0 Å². The van der Waals surface area contributed by atoms with Gasteiger partial charge in [-0.25, -0.2) is 0 Å². The van der Waals surface area contributed by atoms with Crippen LogP contribution < -0.4 is 0 Å². The van der Waals surface area contributed by atoms with Gasteiger partial charge in [0.1, 0.15) is 12.4 Å². The lowest BCUT2D eigenvalue weighted by Gasteiger charge is -2.29. The molecule has 0 aromatic carbocycles. The molecule has 0 saturated carbocycles. The van der Waals surface area contributed by atoms with Crippen LogP contribution in [0.5, 0.6) is 0 Å². The molecular formula is C15H21NO5. The number of aliphatic hydroxyl groups is 1. The van der Waals surface area contributed by atoms with Crippen LogP contribution in [0.1, 0.15) is 46.0 Å². The van der Waals surface area contributed by atoms with Crippen molar-refractivity contribution in [2.24, 2.45) is 10.6 Å². The van der Waals surface area contributed by atoms with Gasteiger partial charge >= 0.3 is 5.97 Å². The number of aliphatic hydroxyl groups excluding tert-OH is 1. The molecule has 6 heteroatoms. The Bertz CT molecular complexity index is 508. The first-order valence-electron chi connectivity index (χ1n) is 7.36. The van der Waals surface area contributed by atoms with Crippen LogP contribution >= 0.6 is 0 Å². The predicted molar refractivity (Wildman–Crippen MR) is 75.9 cm³/mol. The average molecular weight is 295 g/mol. The topological polar surface area (TPSA) is 85.2 Å². The van der Waals surface area contributed by atoms with Gasteiger partial charge in [-0.3, -0.25) is 9.59 Å². The quantitative estimate of drug-likeness (QED) is 0.478. The maximum atomic E-state index is 12.4. The molecule has 1 spiro atoms. The first-order chi connectivity index (χ1) is 10.0. The van der Waals surface area contributed by atoms with Gasteiger partial charge in [-0.15, -0.1) is 0 Å². The zero-order valence-electron chi connectivity index (χ0n) is 12.5. The van der Waals surface area contributed by atoms with Crippen LogP contribution in [0.3, 0.4) is 0 Å². The highest BCUT2D eigenvalue weighted by atomic mass is 16.6. The second kappa shape index (κ2) is 6.28. The molecule has 116 valence electrons. The second-order valence-electron chi connectivity index (χ2n) is 5.47. The normalized spacial score (nSPS) is 26.5. The molecule has 2 rings (SSSR count). The number of nitrogens with zero attached hydrogens (tertiary/aromatic N) is 1. The zero-order valence-corrected chi connectivity index (χ0v) is 12.5. The summed E-state index contributed by atoms with van der Waals surface area (Å²) in [6, 6.07) is 0. The largest absolute Gasteiger partial charge is 0.511 e. The van der Waals surface area contributed by atoms with Crippen molar-refractivity contribution in [3.63, 3.8) is 0 Å². The van der Waals surface area contributed by atoms with E-state index in [0.717, 1.165) is 6.42 Å². The number of esters is 1. The van der Waals surface area contributed by atoms with Gasteiger partial charge in [0.2, 0.25) is 0 Å². The first kappa shape index (κ1) is 15.5. The number of Topliss-reactive ketones (excluding diaryl/α,β-unsaturated/α-hetero) is 1. The highest BCUT2D eigenvalue weighted by molar-refractivity contribution is 6.23. The summed E-state index contributed by atoms with van der Waals surface area (Å²) in [4.78, 5) is 29.3. The van der Waals surface area contributed by atoms with E-state index in [4.69, 9.17) is 9.57 Å². The number of rotatable bonds is 5. The fraction of sp³-hybridized carbons (Fsp3) is 0.667. The van der Waals surface area contributed by atoms with Crippen LogP contribution in [0.4, 0.5) is 0 Å². The summed E-state index contributed by atoms with van der Waals surface area (Å²) in [7, 11) is 0. The minimum atomic E-state index is -0.881. The Labute approximate surface area is 123 Å². The maximum absolute atomic E-state index is 12.4. The van der Waals surface area contributed by atoms with Crippen molar-refractivity contribution >= 4 is 17.5 Å². The van der Waals surface area contributed by atoms with E-state index in [9.17, 15) is 14.7 Å². The second-order valence-corrected chi connectivity index (χ2v) is 5.47. The Morgan fingerprint density at radius 2 is 2.14 bits per heavy atom. The molecule has 1 unspecified atom stereocenters. The van der Waals surface area contributed by atoms with Gasteiger partial charge in [0.15, 0.2) is 5.78 Å². The number of ether oxygens (including phenoxy) is 1.